The molecule has 1 saturated carbocycles. The number of nitrogens with zero attached hydrogens (tertiary/aromatic N) is 2. The Balaban J connectivity index is 1.90. The monoisotopic (exact) mass is 250 g/mol. The maximum Gasteiger partial charge on any atom is 0.290 e. The van der Waals surface area contributed by atoms with Crippen LogP contribution in [0.5, 0.6) is 0 Å². The summed E-state index contributed by atoms with van der Waals surface area (Å²) in [6.07, 6.45) is 2.30. The third kappa shape index (κ3) is 2.89. The molecule has 0 saturated heterocycles. The van der Waals surface area contributed by atoms with Gasteiger partial charge in [0.15, 0.2) is 0 Å². The molecule has 0 aliphatic heterocycles. The Morgan fingerprint density at radius 3 is 2.72 bits per heavy atom. The fraction of sp³-hybridized carbons (Fsp3) is 0.769. The number of H-pyrrole nitrogens is 1. The van der Waals surface area contributed by atoms with E-state index in [-0.39, 0.29) is 17.1 Å². The predicted molar refractivity (Wildman–Crippen MR) is 69.3 cm³/mol. The quantitative estimate of drug-likeness (QED) is 0.840. The molecule has 2 rings (SSSR count). The zero-order chi connectivity index (χ0) is 13.3. The van der Waals surface area contributed by atoms with Crippen molar-refractivity contribution in [2.24, 2.45) is 11.3 Å². The number of hydrogen-bond acceptors (Lipinski definition) is 3. The van der Waals surface area contributed by atoms with Crippen molar-refractivity contribution in [1.29, 1.82) is 0 Å². The summed E-state index contributed by atoms with van der Waals surface area (Å²) in [4.78, 5) is 16.2. The van der Waals surface area contributed by atoms with Crippen molar-refractivity contribution in [3.63, 3.8) is 0 Å². The smallest absolute Gasteiger partial charge is 0.290 e. The highest BCUT2D eigenvalue weighted by Gasteiger charge is 2.29. The summed E-state index contributed by atoms with van der Waals surface area (Å²) in [6, 6.07) is 0. The Kier molecular flexibility index (Phi) is 3.41. The second kappa shape index (κ2) is 4.71. The van der Waals surface area contributed by atoms with E-state index in [1.54, 1.807) is 0 Å². The Hall–Kier alpha value is -1.39. The number of rotatable bonds is 5. The van der Waals surface area contributed by atoms with Crippen molar-refractivity contribution in [2.75, 3.05) is 6.54 Å². The minimum atomic E-state index is -0.188. The van der Waals surface area contributed by atoms with Gasteiger partial charge < -0.3 is 5.32 Å². The van der Waals surface area contributed by atoms with Crippen LogP contribution in [0.15, 0.2) is 0 Å². The molecule has 1 aromatic rings. The number of hydrogen-bond donors (Lipinski definition) is 2. The molecule has 18 heavy (non-hydrogen) atoms. The Morgan fingerprint density at radius 2 is 2.17 bits per heavy atom. The molecule has 5 heteroatoms. The second-order valence-corrected chi connectivity index (χ2v) is 6.14. The molecule has 2 N–H and O–H groups in total. The number of amides is 1. The summed E-state index contributed by atoms with van der Waals surface area (Å²) in [5, 5.41) is 9.73. The molecule has 100 valence electrons. The standard InChI is InChI=1S/C13H22N4O/c1-8(2)13(3,4)7-14-12(18)11-15-10(16-17-11)9-5-6-9/h8-9H,5-7H2,1-4H3,(H,14,18)(H,15,16,17). The normalized spacial score (nSPS) is 16.1. The molecule has 1 aromatic heterocycles. The van der Waals surface area contributed by atoms with Gasteiger partial charge in [0.2, 0.25) is 5.82 Å². The van der Waals surface area contributed by atoms with Gasteiger partial charge in [-0.15, -0.1) is 5.10 Å². The van der Waals surface area contributed by atoms with Crippen LogP contribution in [0.25, 0.3) is 0 Å². The zero-order valence-electron chi connectivity index (χ0n) is 11.6. The Bertz CT molecular complexity index is 432. The molecule has 1 aliphatic rings. The van der Waals surface area contributed by atoms with Crippen molar-refractivity contribution < 1.29 is 4.79 Å². The third-order valence-corrected chi connectivity index (χ3v) is 3.94. The summed E-state index contributed by atoms with van der Waals surface area (Å²) in [7, 11) is 0. The summed E-state index contributed by atoms with van der Waals surface area (Å²) >= 11 is 0. The van der Waals surface area contributed by atoms with Crippen molar-refractivity contribution >= 4 is 5.91 Å². The van der Waals surface area contributed by atoms with Gasteiger partial charge in [-0.1, -0.05) is 27.7 Å². The summed E-state index contributed by atoms with van der Waals surface area (Å²) < 4.78 is 0. The molecule has 0 bridgehead atoms. The van der Waals surface area contributed by atoms with Crippen LogP contribution in [0.3, 0.4) is 0 Å². The average molecular weight is 250 g/mol. The van der Waals surface area contributed by atoms with Gasteiger partial charge in [-0.25, -0.2) is 4.98 Å². The van der Waals surface area contributed by atoms with Crippen LogP contribution in [0.1, 0.15) is 62.9 Å². The number of carbonyl (C=O) groups excluding carboxylic acids is 1. The van der Waals surface area contributed by atoms with Gasteiger partial charge in [0, 0.05) is 12.5 Å². The van der Waals surface area contributed by atoms with Crippen LogP contribution in [-0.2, 0) is 0 Å². The first-order valence-electron chi connectivity index (χ1n) is 6.60. The third-order valence-electron chi connectivity index (χ3n) is 3.94. The van der Waals surface area contributed by atoms with Crippen LogP contribution in [-0.4, -0.2) is 27.6 Å². The van der Waals surface area contributed by atoms with E-state index in [1.807, 2.05) is 0 Å². The Morgan fingerprint density at radius 1 is 1.50 bits per heavy atom. The van der Waals surface area contributed by atoms with Crippen molar-refractivity contribution in [3.05, 3.63) is 11.6 Å². The lowest BCUT2D eigenvalue weighted by Crippen LogP contribution is -2.37. The molecule has 1 fully saturated rings. The van der Waals surface area contributed by atoms with Gasteiger partial charge in [0.05, 0.1) is 0 Å². The van der Waals surface area contributed by atoms with E-state index < -0.39 is 0 Å². The minimum absolute atomic E-state index is 0.0747. The lowest BCUT2D eigenvalue weighted by molar-refractivity contribution is 0.0914. The van der Waals surface area contributed by atoms with E-state index >= 15 is 0 Å². The van der Waals surface area contributed by atoms with Crippen molar-refractivity contribution in [3.8, 4) is 0 Å². The van der Waals surface area contributed by atoms with E-state index in [4.69, 9.17) is 0 Å². The number of nitrogens with one attached hydrogen (secondary N) is 2. The van der Waals surface area contributed by atoms with Crippen LogP contribution in [0.4, 0.5) is 0 Å². The highest BCUT2D eigenvalue weighted by Crippen LogP contribution is 2.37. The molecule has 5 nitrogen and oxygen atoms in total. The second-order valence-electron chi connectivity index (χ2n) is 6.14. The zero-order valence-corrected chi connectivity index (χ0v) is 11.6. The average Bonchev–Trinajstić information content (AvgIpc) is 3.04. The topological polar surface area (TPSA) is 70.7 Å². The molecule has 0 atom stereocenters. The molecule has 1 heterocycles. The fourth-order valence-corrected chi connectivity index (χ4v) is 1.51. The minimum Gasteiger partial charge on any atom is -0.349 e. The maximum atomic E-state index is 11.9. The number of aromatic nitrogens is 3. The highest BCUT2D eigenvalue weighted by molar-refractivity contribution is 5.90. The fourth-order valence-electron chi connectivity index (χ4n) is 1.51. The van der Waals surface area contributed by atoms with Gasteiger partial charge >= 0.3 is 0 Å². The highest BCUT2D eigenvalue weighted by atomic mass is 16.2. The number of carbonyl (C=O) groups is 1. The molecule has 1 aliphatic carbocycles. The largest absolute Gasteiger partial charge is 0.349 e. The van der Waals surface area contributed by atoms with Gasteiger partial charge in [-0.3, -0.25) is 9.89 Å². The first-order chi connectivity index (χ1) is 8.40. The molecule has 0 unspecified atom stereocenters. The maximum absolute atomic E-state index is 11.9. The van der Waals surface area contributed by atoms with E-state index in [1.165, 1.54) is 0 Å². The van der Waals surface area contributed by atoms with Crippen LogP contribution >= 0.6 is 0 Å². The van der Waals surface area contributed by atoms with E-state index in [9.17, 15) is 4.79 Å². The SMILES string of the molecule is CC(C)C(C)(C)CNC(=O)c1n[nH]c(C2CC2)n1. The van der Waals surface area contributed by atoms with Crippen molar-refractivity contribution in [2.45, 2.75) is 46.5 Å². The summed E-state index contributed by atoms with van der Waals surface area (Å²) in [5.41, 5.74) is 0.0747. The molecule has 0 spiro atoms. The number of aromatic amines is 1. The van der Waals surface area contributed by atoms with Gasteiger partial charge in [-0.05, 0) is 24.2 Å². The van der Waals surface area contributed by atoms with E-state index in [2.05, 4.69) is 48.2 Å². The first kappa shape index (κ1) is 13.1. The van der Waals surface area contributed by atoms with Crippen LogP contribution in [0, 0.1) is 11.3 Å². The van der Waals surface area contributed by atoms with Gasteiger partial charge in [0.25, 0.3) is 5.91 Å². The summed E-state index contributed by atoms with van der Waals surface area (Å²) in [6.45, 7) is 9.24. The molecular formula is C13H22N4O. The summed E-state index contributed by atoms with van der Waals surface area (Å²) in [5.74, 6) is 1.92. The van der Waals surface area contributed by atoms with E-state index in [0.717, 1.165) is 18.7 Å². The molecule has 0 aromatic carbocycles. The lowest BCUT2D eigenvalue weighted by Gasteiger charge is -2.29. The molecule has 0 radical (unpaired) electrons. The van der Waals surface area contributed by atoms with Crippen LogP contribution in [0.2, 0.25) is 0 Å². The van der Waals surface area contributed by atoms with E-state index in [0.29, 0.717) is 18.4 Å². The van der Waals surface area contributed by atoms with Gasteiger partial charge in [-0.2, -0.15) is 0 Å². The predicted octanol–water partition coefficient (Wildman–Crippen LogP) is 2.09. The molecular weight excluding hydrogens is 228 g/mol. The Labute approximate surface area is 108 Å². The van der Waals surface area contributed by atoms with Crippen molar-refractivity contribution in [1.82, 2.24) is 20.5 Å². The first-order valence-corrected chi connectivity index (χ1v) is 6.60. The van der Waals surface area contributed by atoms with Gasteiger partial charge in [0.1, 0.15) is 5.82 Å². The van der Waals surface area contributed by atoms with Crippen LogP contribution < -0.4 is 5.32 Å². The molecule has 1 amide bonds. The lowest BCUT2D eigenvalue weighted by atomic mass is 9.81.